The molecule has 0 aliphatic heterocycles. The summed E-state index contributed by atoms with van der Waals surface area (Å²) >= 11 is 0. The Balaban J connectivity index is 1.88. The van der Waals surface area contributed by atoms with Crippen LogP contribution < -0.4 is 10.1 Å². The van der Waals surface area contributed by atoms with Gasteiger partial charge in [0.2, 0.25) is 5.88 Å². The van der Waals surface area contributed by atoms with Gasteiger partial charge in [0.25, 0.3) is 0 Å². The Kier molecular flexibility index (Phi) is 4.74. The molecular formula is C13H21N3O. The van der Waals surface area contributed by atoms with Crippen molar-refractivity contribution in [2.24, 2.45) is 0 Å². The first-order chi connectivity index (χ1) is 8.38. The highest BCUT2D eigenvalue weighted by molar-refractivity contribution is 5.11. The van der Waals surface area contributed by atoms with E-state index in [1.165, 1.54) is 25.7 Å². The highest BCUT2D eigenvalue weighted by Crippen LogP contribution is 2.21. The zero-order valence-electron chi connectivity index (χ0n) is 10.5. The topological polar surface area (TPSA) is 47.0 Å². The monoisotopic (exact) mass is 235 g/mol. The molecule has 0 aromatic carbocycles. The van der Waals surface area contributed by atoms with E-state index in [2.05, 4.69) is 15.5 Å². The largest absolute Gasteiger partial charge is 0.473 e. The van der Waals surface area contributed by atoms with Gasteiger partial charge in [0, 0.05) is 12.6 Å². The lowest BCUT2D eigenvalue weighted by Gasteiger charge is -2.15. The molecule has 1 heterocycles. The van der Waals surface area contributed by atoms with E-state index in [1.807, 2.05) is 19.2 Å². The predicted molar refractivity (Wildman–Crippen MR) is 66.9 cm³/mol. The number of ether oxygens (including phenoxy) is 1. The Morgan fingerprint density at radius 1 is 1.18 bits per heavy atom. The molecule has 2 rings (SSSR count). The minimum Gasteiger partial charge on any atom is -0.473 e. The van der Waals surface area contributed by atoms with Gasteiger partial charge in [-0.3, -0.25) is 0 Å². The van der Waals surface area contributed by atoms with E-state index < -0.39 is 0 Å². The summed E-state index contributed by atoms with van der Waals surface area (Å²) < 4.78 is 5.87. The van der Waals surface area contributed by atoms with Crippen molar-refractivity contribution in [3.05, 3.63) is 17.8 Å². The van der Waals surface area contributed by atoms with Gasteiger partial charge in [0.05, 0.1) is 5.69 Å². The average molecular weight is 235 g/mol. The van der Waals surface area contributed by atoms with Crippen LogP contribution in [0.1, 0.15) is 44.2 Å². The summed E-state index contributed by atoms with van der Waals surface area (Å²) in [5, 5.41) is 11.3. The molecule has 0 atom stereocenters. The minimum absolute atomic E-state index is 0.335. The van der Waals surface area contributed by atoms with Crippen molar-refractivity contribution in [1.82, 2.24) is 15.5 Å². The van der Waals surface area contributed by atoms with Crippen LogP contribution in [0.25, 0.3) is 0 Å². The molecule has 1 aromatic heterocycles. The van der Waals surface area contributed by atoms with E-state index in [0.29, 0.717) is 12.0 Å². The quantitative estimate of drug-likeness (QED) is 0.813. The summed E-state index contributed by atoms with van der Waals surface area (Å²) in [5.74, 6) is 0.664. The lowest BCUT2D eigenvalue weighted by molar-refractivity contribution is 0.174. The maximum Gasteiger partial charge on any atom is 0.233 e. The third-order valence-electron chi connectivity index (χ3n) is 3.14. The second-order valence-corrected chi connectivity index (χ2v) is 4.62. The summed E-state index contributed by atoms with van der Waals surface area (Å²) in [7, 11) is 1.90. The van der Waals surface area contributed by atoms with Crippen LogP contribution >= 0.6 is 0 Å². The molecule has 0 unspecified atom stereocenters. The Morgan fingerprint density at radius 3 is 2.53 bits per heavy atom. The lowest BCUT2D eigenvalue weighted by atomic mass is 10.1. The van der Waals surface area contributed by atoms with E-state index in [9.17, 15) is 0 Å². The van der Waals surface area contributed by atoms with Gasteiger partial charge < -0.3 is 10.1 Å². The van der Waals surface area contributed by atoms with Gasteiger partial charge in [-0.2, -0.15) is 5.10 Å². The molecule has 1 aromatic rings. The summed E-state index contributed by atoms with van der Waals surface area (Å²) in [6.45, 7) is 0.747. The fourth-order valence-electron chi connectivity index (χ4n) is 2.22. The van der Waals surface area contributed by atoms with Crippen molar-refractivity contribution in [3.63, 3.8) is 0 Å². The summed E-state index contributed by atoms with van der Waals surface area (Å²) in [4.78, 5) is 0. The third-order valence-corrected chi connectivity index (χ3v) is 3.14. The maximum atomic E-state index is 5.87. The number of aromatic nitrogens is 2. The number of hydrogen-bond acceptors (Lipinski definition) is 4. The van der Waals surface area contributed by atoms with Gasteiger partial charge >= 0.3 is 0 Å². The predicted octanol–water partition coefficient (Wildman–Crippen LogP) is 2.30. The summed E-state index contributed by atoms with van der Waals surface area (Å²) in [5.41, 5.74) is 0.945. The van der Waals surface area contributed by atoms with E-state index in [4.69, 9.17) is 4.74 Å². The lowest BCUT2D eigenvalue weighted by Crippen LogP contribution is -2.16. The smallest absolute Gasteiger partial charge is 0.233 e. The average Bonchev–Trinajstić information content (AvgIpc) is 2.61. The van der Waals surface area contributed by atoms with Gasteiger partial charge in [-0.25, -0.2) is 0 Å². The van der Waals surface area contributed by atoms with Gasteiger partial charge in [0.15, 0.2) is 0 Å². The maximum absolute atomic E-state index is 5.87. The fourth-order valence-corrected chi connectivity index (χ4v) is 2.22. The van der Waals surface area contributed by atoms with E-state index in [-0.39, 0.29) is 0 Å². The Morgan fingerprint density at radius 2 is 1.94 bits per heavy atom. The molecule has 1 aliphatic rings. The van der Waals surface area contributed by atoms with Crippen molar-refractivity contribution in [3.8, 4) is 5.88 Å². The standard InChI is InChI=1S/C13H21N3O/c1-14-10-11-8-9-13(16-15-11)17-12-6-4-2-3-5-7-12/h8-9,12,14H,2-7,10H2,1H3. The molecule has 0 radical (unpaired) electrons. The van der Waals surface area contributed by atoms with E-state index in [0.717, 1.165) is 25.1 Å². The van der Waals surface area contributed by atoms with E-state index >= 15 is 0 Å². The SMILES string of the molecule is CNCc1ccc(OC2CCCCCC2)nn1. The molecule has 1 N–H and O–H groups in total. The van der Waals surface area contributed by atoms with Crippen LogP contribution in [-0.2, 0) is 6.54 Å². The molecule has 4 nitrogen and oxygen atoms in total. The van der Waals surface area contributed by atoms with Crippen molar-refractivity contribution in [2.75, 3.05) is 7.05 Å². The Labute approximate surface area is 103 Å². The fraction of sp³-hybridized carbons (Fsp3) is 0.692. The first-order valence-corrected chi connectivity index (χ1v) is 6.52. The zero-order valence-corrected chi connectivity index (χ0v) is 10.5. The van der Waals surface area contributed by atoms with Crippen LogP contribution in [0.15, 0.2) is 12.1 Å². The minimum atomic E-state index is 0.335. The third kappa shape index (κ3) is 3.97. The summed E-state index contributed by atoms with van der Waals surface area (Å²) in [6.07, 6.45) is 7.87. The van der Waals surface area contributed by atoms with Gasteiger partial charge in [-0.1, -0.05) is 12.8 Å². The van der Waals surface area contributed by atoms with Crippen LogP contribution in [0, 0.1) is 0 Å². The van der Waals surface area contributed by atoms with Crippen molar-refractivity contribution in [2.45, 2.75) is 51.2 Å². The molecule has 1 fully saturated rings. The van der Waals surface area contributed by atoms with Crippen LogP contribution in [0.4, 0.5) is 0 Å². The van der Waals surface area contributed by atoms with Crippen LogP contribution in [-0.4, -0.2) is 23.3 Å². The first-order valence-electron chi connectivity index (χ1n) is 6.52. The van der Waals surface area contributed by atoms with Crippen molar-refractivity contribution >= 4 is 0 Å². The van der Waals surface area contributed by atoms with Gasteiger partial charge in [-0.05, 0) is 38.8 Å². The molecule has 4 heteroatoms. The molecule has 1 saturated carbocycles. The molecule has 0 bridgehead atoms. The van der Waals surface area contributed by atoms with Gasteiger partial charge in [-0.15, -0.1) is 5.10 Å². The highest BCUT2D eigenvalue weighted by atomic mass is 16.5. The van der Waals surface area contributed by atoms with Crippen LogP contribution in [0.3, 0.4) is 0 Å². The molecule has 17 heavy (non-hydrogen) atoms. The molecule has 0 spiro atoms. The number of nitrogens with zero attached hydrogens (tertiary/aromatic N) is 2. The van der Waals surface area contributed by atoms with E-state index in [1.54, 1.807) is 0 Å². The molecule has 0 amide bonds. The van der Waals surface area contributed by atoms with Crippen molar-refractivity contribution in [1.29, 1.82) is 0 Å². The second kappa shape index (κ2) is 6.55. The molecule has 94 valence electrons. The number of hydrogen-bond donors (Lipinski definition) is 1. The Hall–Kier alpha value is -1.16. The molecule has 0 saturated heterocycles. The highest BCUT2D eigenvalue weighted by Gasteiger charge is 2.14. The normalized spacial score (nSPS) is 17.7. The van der Waals surface area contributed by atoms with Crippen LogP contribution in [0.5, 0.6) is 5.88 Å². The number of nitrogens with one attached hydrogen (secondary N) is 1. The zero-order chi connectivity index (χ0) is 11.9. The van der Waals surface area contributed by atoms with Crippen molar-refractivity contribution < 1.29 is 4.74 Å². The Bertz CT molecular complexity index is 318. The molecule has 1 aliphatic carbocycles. The first kappa shape index (κ1) is 12.3. The summed E-state index contributed by atoms with van der Waals surface area (Å²) in [6, 6.07) is 3.89. The number of rotatable bonds is 4. The second-order valence-electron chi connectivity index (χ2n) is 4.62. The van der Waals surface area contributed by atoms with Gasteiger partial charge in [0.1, 0.15) is 6.10 Å². The molecular weight excluding hydrogens is 214 g/mol. The van der Waals surface area contributed by atoms with Crippen LogP contribution in [0.2, 0.25) is 0 Å².